The van der Waals surface area contributed by atoms with E-state index in [2.05, 4.69) is 4.98 Å². The number of methoxy groups -OCH3 is 2. The Kier molecular flexibility index (Phi) is 4.60. The molecular weight excluding hydrogens is 329 g/mol. The molecular formula is C17H15NO5P+. The SMILES string of the molecule is COc1cc2cc(-c3ccccc3)nc(O[P+](=O)O)c2cc1OC. The Morgan fingerprint density at radius 3 is 2.29 bits per heavy atom. The van der Waals surface area contributed by atoms with E-state index in [-0.39, 0.29) is 5.88 Å². The molecule has 1 unspecified atom stereocenters. The van der Waals surface area contributed by atoms with E-state index in [1.807, 2.05) is 36.4 Å². The summed E-state index contributed by atoms with van der Waals surface area (Å²) in [6.45, 7) is 0. The molecule has 0 aliphatic carbocycles. The lowest BCUT2D eigenvalue weighted by atomic mass is 10.1. The second-order valence-corrected chi connectivity index (χ2v) is 5.59. The van der Waals surface area contributed by atoms with E-state index in [0.717, 1.165) is 10.9 Å². The van der Waals surface area contributed by atoms with Crippen molar-refractivity contribution in [1.29, 1.82) is 0 Å². The summed E-state index contributed by atoms with van der Waals surface area (Å²) in [6, 6.07) is 14.8. The topological polar surface area (TPSA) is 77.9 Å². The Labute approximate surface area is 139 Å². The Morgan fingerprint density at radius 2 is 1.67 bits per heavy atom. The zero-order valence-corrected chi connectivity index (χ0v) is 14.0. The Morgan fingerprint density at radius 1 is 1.00 bits per heavy atom. The van der Waals surface area contributed by atoms with Crippen molar-refractivity contribution in [3.05, 3.63) is 48.5 Å². The molecule has 1 N–H and O–H groups in total. The average Bonchev–Trinajstić information content (AvgIpc) is 2.60. The van der Waals surface area contributed by atoms with Gasteiger partial charge in [0.15, 0.2) is 11.5 Å². The van der Waals surface area contributed by atoms with Gasteiger partial charge in [0, 0.05) is 10.1 Å². The molecule has 24 heavy (non-hydrogen) atoms. The van der Waals surface area contributed by atoms with E-state index in [9.17, 15) is 4.57 Å². The second kappa shape index (κ2) is 6.83. The molecule has 7 heteroatoms. The number of aromatic nitrogens is 1. The van der Waals surface area contributed by atoms with Gasteiger partial charge in [-0.3, -0.25) is 0 Å². The van der Waals surface area contributed by atoms with Gasteiger partial charge in [0.2, 0.25) is 0 Å². The first kappa shape index (κ1) is 16.2. The van der Waals surface area contributed by atoms with E-state index in [0.29, 0.717) is 22.6 Å². The summed E-state index contributed by atoms with van der Waals surface area (Å²) in [5.41, 5.74) is 1.49. The standard InChI is InChI=1S/C17H14NO5P/c1-21-15-9-12-8-14(11-6-4-3-5-7-11)18-17(23-24(19)20)13(12)10-16(15)22-2/h3-10H,1-2H3/p+1. The summed E-state index contributed by atoms with van der Waals surface area (Å²) in [7, 11) is 0.222. The van der Waals surface area contributed by atoms with Crippen molar-refractivity contribution in [2.75, 3.05) is 14.2 Å². The Balaban J connectivity index is 2.27. The monoisotopic (exact) mass is 344 g/mol. The van der Waals surface area contributed by atoms with Crippen LogP contribution in [0.15, 0.2) is 48.5 Å². The fourth-order valence-electron chi connectivity index (χ4n) is 2.45. The highest BCUT2D eigenvalue weighted by Crippen LogP contribution is 2.39. The van der Waals surface area contributed by atoms with E-state index in [4.69, 9.17) is 18.9 Å². The molecule has 3 aromatic rings. The lowest BCUT2D eigenvalue weighted by Gasteiger charge is -2.11. The number of nitrogens with zero attached hydrogens (tertiary/aromatic N) is 1. The minimum absolute atomic E-state index is 0.0657. The third-order valence-corrected chi connectivity index (χ3v) is 3.86. The molecule has 122 valence electrons. The van der Waals surface area contributed by atoms with E-state index in [1.165, 1.54) is 7.11 Å². The van der Waals surface area contributed by atoms with Crippen molar-refractivity contribution in [2.24, 2.45) is 0 Å². The third kappa shape index (κ3) is 3.15. The number of benzene rings is 2. The van der Waals surface area contributed by atoms with Crippen LogP contribution in [0.4, 0.5) is 0 Å². The van der Waals surface area contributed by atoms with Gasteiger partial charge in [-0.15, -0.1) is 4.89 Å². The average molecular weight is 344 g/mol. The molecule has 0 saturated carbocycles. The Bertz CT molecular complexity index is 898. The molecule has 1 aromatic heterocycles. The highest BCUT2D eigenvalue weighted by atomic mass is 31.1. The van der Waals surface area contributed by atoms with Crippen LogP contribution in [0.2, 0.25) is 0 Å². The minimum atomic E-state index is -2.84. The van der Waals surface area contributed by atoms with Crippen LogP contribution >= 0.6 is 8.25 Å². The number of ether oxygens (including phenoxy) is 2. The van der Waals surface area contributed by atoms with Crippen molar-refractivity contribution < 1.29 is 23.5 Å². The smallest absolute Gasteiger partial charge is 0.493 e. The van der Waals surface area contributed by atoms with Crippen LogP contribution in [-0.2, 0) is 4.57 Å². The molecule has 1 atom stereocenters. The highest BCUT2D eigenvalue weighted by molar-refractivity contribution is 7.32. The number of hydrogen-bond donors (Lipinski definition) is 1. The summed E-state index contributed by atoms with van der Waals surface area (Å²) >= 11 is 0. The zero-order chi connectivity index (χ0) is 17.1. The molecule has 0 spiro atoms. The molecule has 0 amide bonds. The maximum absolute atomic E-state index is 11.2. The summed E-state index contributed by atoms with van der Waals surface area (Å²) in [5, 5.41) is 1.32. The molecule has 0 radical (unpaired) electrons. The molecule has 2 aromatic carbocycles. The maximum Gasteiger partial charge on any atom is 0.749 e. The molecule has 0 aliphatic rings. The van der Waals surface area contributed by atoms with Gasteiger partial charge in [-0.2, -0.15) is 0 Å². The first-order valence-corrected chi connectivity index (χ1v) is 8.21. The second-order valence-electron chi connectivity index (χ2n) is 4.94. The fourth-order valence-corrected chi connectivity index (χ4v) is 2.74. The summed E-state index contributed by atoms with van der Waals surface area (Å²) in [6.07, 6.45) is 0. The number of fused-ring (bicyclic) bond motifs is 1. The lowest BCUT2D eigenvalue weighted by Crippen LogP contribution is -1.95. The number of rotatable bonds is 5. The first-order valence-electron chi connectivity index (χ1n) is 7.08. The van der Waals surface area contributed by atoms with Gasteiger partial charge >= 0.3 is 8.25 Å². The fraction of sp³-hybridized carbons (Fsp3) is 0.118. The zero-order valence-electron chi connectivity index (χ0n) is 13.1. The van der Waals surface area contributed by atoms with Gasteiger partial charge in [0.05, 0.1) is 25.3 Å². The number of pyridine rings is 1. The van der Waals surface area contributed by atoms with Crippen LogP contribution in [-0.4, -0.2) is 24.1 Å². The van der Waals surface area contributed by atoms with Crippen LogP contribution in [0.1, 0.15) is 0 Å². The van der Waals surface area contributed by atoms with E-state index >= 15 is 0 Å². The van der Waals surface area contributed by atoms with Crippen molar-refractivity contribution in [3.8, 4) is 28.6 Å². The van der Waals surface area contributed by atoms with Gasteiger partial charge in [0.1, 0.15) is 0 Å². The molecule has 0 saturated heterocycles. The van der Waals surface area contributed by atoms with Gasteiger partial charge < -0.3 is 9.47 Å². The Hall–Kier alpha value is -2.69. The van der Waals surface area contributed by atoms with Crippen molar-refractivity contribution >= 4 is 19.0 Å². The lowest BCUT2D eigenvalue weighted by molar-refractivity contribution is 0.355. The number of hydrogen-bond acceptors (Lipinski definition) is 5. The molecule has 0 fully saturated rings. The van der Waals surface area contributed by atoms with Crippen LogP contribution in [0.25, 0.3) is 22.0 Å². The van der Waals surface area contributed by atoms with E-state index < -0.39 is 8.25 Å². The summed E-state index contributed by atoms with van der Waals surface area (Å²) in [5.74, 6) is 1.10. The highest BCUT2D eigenvalue weighted by Gasteiger charge is 2.21. The predicted molar refractivity (Wildman–Crippen MR) is 90.7 cm³/mol. The van der Waals surface area contributed by atoms with Gasteiger partial charge in [-0.25, -0.2) is 9.51 Å². The molecule has 1 heterocycles. The van der Waals surface area contributed by atoms with Crippen LogP contribution in [0.5, 0.6) is 17.4 Å². The maximum atomic E-state index is 11.2. The molecule has 6 nitrogen and oxygen atoms in total. The molecule has 3 rings (SSSR count). The van der Waals surface area contributed by atoms with Crippen LogP contribution < -0.4 is 14.0 Å². The van der Waals surface area contributed by atoms with E-state index in [1.54, 1.807) is 19.2 Å². The quantitative estimate of drug-likeness (QED) is 0.706. The predicted octanol–water partition coefficient (Wildman–Crippen LogP) is 3.95. The first-order chi connectivity index (χ1) is 11.6. The summed E-state index contributed by atoms with van der Waals surface area (Å²) in [4.78, 5) is 13.5. The molecule has 0 bridgehead atoms. The van der Waals surface area contributed by atoms with Crippen LogP contribution in [0, 0.1) is 0 Å². The van der Waals surface area contributed by atoms with Crippen LogP contribution in [0.3, 0.4) is 0 Å². The largest absolute Gasteiger partial charge is 0.749 e. The van der Waals surface area contributed by atoms with Crippen molar-refractivity contribution in [1.82, 2.24) is 4.98 Å². The minimum Gasteiger partial charge on any atom is -0.493 e. The summed E-state index contributed by atoms with van der Waals surface area (Å²) < 4.78 is 26.8. The van der Waals surface area contributed by atoms with Crippen molar-refractivity contribution in [2.45, 2.75) is 0 Å². The van der Waals surface area contributed by atoms with Gasteiger partial charge in [-0.05, 0) is 23.6 Å². The third-order valence-electron chi connectivity index (χ3n) is 3.53. The molecule has 0 aliphatic heterocycles. The van der Waals surface area contributed by atoms with Crippen molar-refractivity contribution in [3.63, 3.8) is 0 Å². The van der Waals surface area contributed by atoms with Gasteiger partial charge in [-0.1, -0.05) is 30.3 Å². The normalized spacial score (nSPS) is 11.2. The van der Waals surface area contributed by atoms with Gasteiger partial charge in [0.25, 0.3) is 5.88 Å².